The summed E-state index contributed by atoms with van der Waals surface area (Å²) in [6.45, 7) is 9.82. The Morgan fingerprint density at radius 2 is 1.94 bits per heavy atom. The minimum absolute atomic E-state index is 0.134. The van der Waals surface area contributed by atoms with Gasteiger partial charge in [0, 0.05) is 18.9 Å². The molecule has 104 valence electrons. The summed E-state index contributed by atoms with van der Waals surface area (Å²) in [7, 11) is 0. The Hall–Kier alpha value is -1.06. The van der Waals surface area contributed by atoms with Crippen molar-refractivity contribution >= 4 is 11.9 Å². The molecule has 0 radical (unpaired) electrons. The quantitative estimate of drug-likeness (QED) is 0.821. The fourth-order valence-corrected chi connectivity index (χ4v) is 1.81. The highest BCUT2D eigenvalue weighted by atomic mass is 16.6. The van der Waals surface area contributed by atoms with Gasteiger partial charge in [-0.25, -0.2) is 4.79 Å². The zero-order valence-corrected chi connectivity index (χ0v) is 12.1. The number of hydrogen-bond acceptors (Lipinski definition) is 3. The predicted octanol–water partition coefficient (Wildman–Crippen LogP) is 2.76. The van der Waals surface area contributed by atoms with Gasteiger partial charge in [-0.05, 0) is 39.0 Å². The van der Waals surface area contributed by atoms with E-state index >= 15 is 0 Å². The molecule has 1 saturated carbocycles. The lowest BCUT2D eigenvalue weighted by Gasteiger charge is -2.20. The van der Waals surface area contributed by atoms with Gasteiger partial charge in [0.1, 0.15) is 11.4 Å². The van der Waals surface area contributed by atoms with Gasteiger partial charge < -0.3 is 10.1 Å². The van der Waals surface area contributed by atoms with Crippen molar-refractivity contribution in [2.75, 3.05) is 6.54 Å². The highest BCUT2D eigenvalue weighted by Gasteiger charge is 2.35. The number of amides is 1. The van der Waals surface area contributed by atoms with E-state index in [0.29, 0.717) is 24.8 Å². The third kappa shape index (κ3) is 5.52. The molecule has 0 aromatic carbocycles. The fraction of sp³-hybridized carbons (Fsp3) is 0.857. The van der Waals surface area contributed by atoms with Crippen LogP contribution in [-0.4, -0.2) is 24.0 Å². The molecule has 4 nitrogen and oxygen atoms in total. The molecule has 18 heavy (non-hydrogen) atoms. The summed E-state index contributed by atoms with van der Waals surface area (Å²) in [6.07, 6.45) is 1.36. The van der Waals surface area contributed by atoms with Crippen LogP contribution in [-0.2, 0) is 9.53 Å². The van der Waals surface area contributed by atoms with Crippen molar-refractivity contribution in [3.05, 3.63) is 0 Å². The van der Waals surface area contributed by atoms with Gasteiger partial charge in [-0.1, -0.05) is 13.8 Å². The Bertz CT molecular complexity index is 319. The van der Waals surface area contributed by atoms with E-state index in [1.54, 1.807) is 0 Å². The van der Waals surface area contributed by atoms with Crippen LogP contribution in [0, 0.1) is 17.8 Å². The Labute approximate surface area is 109 Å². The number of carbonyl (C=O) groups is 2. The summed E-state index contributed by atoms with van der Waals surface area (Å²) in [5.41, 5.74) is -0.499. The molecule has 1 rings (SSSR count). The number of carbonyl (C=O) groups excluding carboxylic acids is 2. The highest BCUT2D eigenvalue weighted by Crippen LogP contribution is 2.41. The largest absolute Gasteiger partial charge is 0.444 e. The molecule has 1 aliphatic carbocycles. The molecule has 0 aliphatic heterocycles. The van der Waals surface area contributed by atoms with Crippen molar-refractivity contribution < 1.29 is 14.3 Å². The predicted molar refractivity (Wildman–Crippen MR) is 70.3 cm³/mol. The molecular formula is C14H25NO3. The van der Waals surface area contributed by atoms with Crippen molar-refractivity contribution in [1.82, 2.24) is 5.32 Å². The summed E-state index contributed by atoms with van der Waals surface area (Å²) in [5.74, 6) is 1.37. The maximum absolute atomic E-state index is 11.8. The van der Waals surface area contributed by atoms with Gasteiger partial charge in [0.2, 0.25) is 0 Å². The second-order valence-electron chi connectivity index (χ2n) is 6.43. The Morgan fingerprint density at radius 1 is 1.39 bits per heavy atom. The van der Waals surface area contributed by atoms with Gasteiger partial charge in [-0.3, -0.25) is 4.79 Å². The first kappa shape index (κ1) is 15.0. The molecule has 1 aliphatic rings. The summed E-state index contributed by atoms with van der Waals surface area (Å²) in [4.78, 5) is 23.3. The first-order chi connectivity index (χ1) is 8.19. The molecule has 0 aromatic heterocycles. The zero-order valence-electron chi connectivity index (χ0n) is 12.1. The van der Waals surface area contributed by atoms with Gasteiger partial charge in [0.15, 0.2) is 0 Å². The fourth-order valence-electron chi connectivity index (χ4n) is 1.81. The standard InChI is InChI=1S/C14H25NO3/c1-9-6-11(9)7-12(16)10(2)8-15-13(17)18-14(3,4)5/h9-11H,6-8H2,1-5H3,(H,15,17). The van der Waals surface area contributed by atoms with Crippen LogP contribution in [0.15, 0.2) is 0 Å². The van der Waals surface area contributed by atoms with Crippen LogP contribution in [0.5, 0.6) is 0 Å². The van der Waals surface area contributed by atoms with Crippen molar-refractivity contribution in [2.45, 2.75) is 53.1 Å². The number of hydrogen-bond donors (Lipinski definition) is 1. The summed E-state index contributed by atoms with van der Waals surface area (Å²) < 4.78 is 5.12. The third-order valence-corrected chi connectivity index (χ3v) is 3.24. The maximum atomic E-state index is 11.8. The second-order valence-corrected chi connectivity index (χ2v) is 6.43. The van der Waals surface area contributed by atoms with E-state index in [1.165, 1.54) is 0 Å². The smallest absolute Gasteiger partial charge is 0.407 e. The molecule has 3 atom stereocenters. The van der Waals surface area contributed by atoms with Crippen molar-refractivity contribution in [3.63, 3.8) is 0 Å². The molecule has 0 aromatic rings. The Kier molecular flexibility index (Phi) is 4.77. The molecule has 0 spiro atoms. The van der Waals surface area contributed by atoms with E-state index in [2.05, 4.69) is 12.2 Å². The normalized spacial score (nSPS) is 24.3. The van der Waals surface area contributed by atoms with Crippen molar-refractivity contribution in [2.24, 2.45) is 17.8 Å². The van der Waals surface area contributed by atoms with Gasteiger partial charge in [-0.15, -0.1) is 0 Å². The molecule has 1 amide bonds. The third-order valence-electron chi connectivity index (χ3n) is 3.24. The highest BCUT2D eigenvalue weighted by molar-refractivity contribution is 5.82. The molecule has 3 unspecified atom stereocenters. The number of Topliss-reactive ketones (excluding diaryl/α,β-unsaturated/α-hetero) is 1. The van der Waals surface area contributed by atoms with Crippen LogP contribution >= 0.6 is 0 Å². The Balaban J connectivity index is 2.21. The molecule has 0 heterocycles. The van der Waals surface area contributed by atoms with Crippen LogP contribution in [0.3, 0.4) is 0 Å². The summed E-state index contributed by atoms with van der Waals surface area (Å²) in [6, 6.07) is 0. The lowest BCUT2D eigenvalue weighted by Crippen LogP contribution is -2.36. The first-order valence-corrected chi connectivity index (χ1v) is 6.68. The molecule has 0 bridgehead atoms. The topological polar surface area (TPSA) is 55.4 Å². The summed E-state index contributed by atoms with van der Waals surface area (Å²) >= 11 is 0. The minimum atomic E-state index is -0.499. The zero-order chi connectivity index (χ0) is 13.9. The SMILES string of the molecule is CC(CNC(=O)OC(C)(C)C)C(=O)CC1CC1C. The molecule has 1 N–H and O–H groups in total. The lowest BCUT2D eigenvalue weighted by atomic mass is 10.0. The van der Waals surface area contributed by atoms with Gasteiger partial charge >= 0.3 is 6.09 Å². The number of ether oxygens (including phenoxy) is 1. The Morgan fingerprint density at radius 3 is 2.39 bits per heavy atom. The van der Waals surface area contributed by atoms with Crippen molar-refractivity contribution in [3.8, 4) is 0 Å². The van der Waals surface area contributed by atoms with Crippen LogP contribution in [0.25, 0.3) is 0 Å². The number of alkyl carbamates (subject to hydrolysis) is 1. The van der Waals surface area contributed by atoms with Crippen LogP contribution < -0.4 is 5.32 Å². The second kappa shape index (κ2) is 5.72. The molecular weight excluding hydrogens is 230 g/mol. The first-order valence-electron chi connectivity index (χ1n) is 6.68. The maximum Gasteiger partial charge on any atom is 0.407 e. The van der Waals surface area contributed by atoms with Gasteiger partial charge in [0.05, 0.1) is 0 Å². The lowest BCUT2D eigenvalue weighted by molar-refractivity contribution is -0.122. The number of nitrogens with one attached hydrogen (secondary N) is 1. The average Bonchev–Trinajstić information content (AvgIpc) is 2.88. The van der Waals surface area contributed by atoms with Crippen LogP contribution in [0.1, 0.15) is 47.5 Å². The average molecular weight is 255 g/mol. The van der Waals surface area contributed by atoms with Crippen molar-refractivity contribution in [1.29, 1.82) is 0 Å². The van der Waals surface area contributed by atoms with Gasteiger partial charge in [-0.2, -0.15) is 0 Å². The van der Waals surface area contributed by atoms with E-state index in [4.69, 9.17) is 4.74 Å². The van der Waals surface area contributed by atoms with E-state index in [0.717, 1.165) is 6.42 Å². The van der Waals surface area contributed by atoms with E-state index in [9.17, 15) is 9.59 Å². The van der Waals surface area contributed by atoms with E-state index in [1.807, 2.05) is 27.7 Å². The van der Waals surface area contributed by atoms with Crippen LogP contribution in [0.4, 0.5) is 4.79 Å². The van der Waals surface area contributed by atoms with E-state index < -0.39 is 11.7 Å². The monoisotopic (exact) mass is 255 g/mol. The van der Waals surface area contributed by atoms with Gasteiger partial charge in [0.25, 0.3) is 0 Å². The number of rotatable bonds is 5. The minimum Gasteiger partial charge on any atom is -0.444 e. The number of ketones is 1. The molecule has 4 heteroatoms. The van der Waals surface area contributed by atoms with E-state index in [-0.39, 0.29) is 11.7 Å². The molecule has 0 saturated heterocycles. The van der Waals surface area contributed by atoms with Crippen LogP contribution in [0.2, 0.25) is 0 Å². The summed E-state index contributed by atoms with van der Waals surface area (Å²) in [5, 5.41) is 2.64. The molecule has 1 fully saturated rings.